The zero-order valence-corrected chi connectivity index (χ0v) is 10.3. The van der Waals surface area contributed by atoms with Crippen molar-refractivity contribution in [1.82, 2.24) is 0 Å². The first-order chi connectivity index (χ1) is 6.68. The highest BCUT2D eigenvalue weighted by molar-refractivity contribution is 7.85. The van der Waals surface area contributed by atoms with E-state index in [1.807, 2.05) is 14.1 Å². The maximum absolute atomic E-state index is 9.44. The van der Waals surface area contributed by atoms with E-state index in [0.29, 0.717) is 17.6 Å². The van der Waals surface area contributed by atoms with Crippen molar-refractivity contribution < 1.29 is 27.7 Å². The van der Waals surface area contributed by atoms with E-state index >= 15 is 0 Å². The summed E-state index contributed by atoms with van der Waals surface area (Å²) < 4.78 is 29.0. The van der Waals surface area contributed by atoms with Gasteiger partial charge in [0.05, 0.1) is 37.4 Å². The molecule has 15 heavy (non-hydrogen) atoms. The third kappa shape index (κ3) is 16.5. The fourth-order valence-corrected chi connectivity index (χ4v) is 0.653. The van der Waals surface area contributed by atoms with Crippen LogP contribution in [-0.2, 0) is 10.1 Å². The van der Waals surface area contributed by atoms with Gasteiger partial charge >= 0.3 is 0 Å². The molecule has 0 aromatic carbocycles. The lowest BCUT2D eigenvalue weighted by molar-refractivity contribution is -0.890. The Morgan fingerprint density at radius 3 is 1.53 bits per heavy atom. The Morgan fingerprint density at radius 1 is 1.13 bits per heavy atom. The molecule has 0 atom stereocenters. The average Bonchev–Trinajstić information content (AvgIpc) is 2.03. The van der Waals surface area contributed by atoms with Crippen LogP contribution < -0.4 is 0 Å². The zero-order valence-electron chi connectivity index (χ0n) is 9.51. The molecule has 0 unspecified atom stereocenters. The van der Waals surface area contributed by atoms with Crippen molar-refractivity contribution in [2.75, 3.05) is 46.2 Å². The average molecular weight is 243 g/mol. The van der Waals surface area contributed by atoms with Gasteiger partial charge in [0.1, 0.15) is 13.1 Å². The predicted octanol–water partition coefficient (Wildman–Crippen LogP) is -1.40. The molecule has 0 saturated heterocycles. The predicted molar refractivity (Wildman–Crippen MR) is 56.3 cm³/mol. The summed E-state index contributed by atoms with van der Waals surface area (Å²) in [7, 11) is 0.0452. The largest absolute Gasteiger partial charge is 0.748 e. The number of nitrogens with zero attached hydrogens (tertiary/aromatic N) is 1. The van der Waals surface area contributed by atoms with Crippen molar-refractivity contribution in [1.29, 1.82) is 0 Å². The van der Waals surface area contributed by atoms with E-state index in [1.54, 1.807) is 0 Å². The lowest BCUT2D eigenvalue weighted by atomic mass is 10.4. The number of hydrogen-bond acceptors (Lipinski definition) is 5. The minimum absolute atomic E-state index is 0.188. The highest BCUT2D eigenvalue weighted by atomic mass is 32.2. The zero-order chi connectivity index (χ0) is 12.5. The fraction of sp³-hybridized carbons (Fsp3) is 1.00. The summed E-state index contributed by atoms with van der Waals surface area (Å²) in [6.07, 6.45) is 0. The first kappa shape index (κ1) is 17.2. The van der Waals surface area contributed by atoms with Crippen LogP contribution in [-0.4, -0.2) is 73.8 Å². The number of aliphatic hydroxyl groups excluding tert-OH is 2. The van der Waals surface area contributed by atoms with E-state index in [0.717, 1.165) is 0 Å². The smallest absolute Gasteiger partial charge is 0.102 e. The molecular weight excluding hydrogens is 222 g/mol. The molecule has 0 rings (SSSR count). The number of hydrogen-bond donors (Lipinski definition) is 2. The lowest BCUT2D eigenvalue weighted by Gasteiger charge is -2.27. The Labute approximate surface area is 91.5 Å². The van der Waals surface area contributed by atoms with Gasteiger partial charge in [-0.1, -0.05) is 6.92 Å². The van der Waals surface area contributed by atoms with Crippen LogP contribution in [0, 0.1) is 0 Å². The maximum Gasteiger partial charge on any atom is 0.102 e. The van der Waals surface area contributed by atoms with E-state index in [-0.39, 0.29) is 19.0 Å². The highest BCUT2D eigenvalue weighted by Gasteiger charge is 2.11. The Kier molecular flexibility index (Phi) is 9.17. The number of aliphatic hydroxyl groups is 2. The summed E-state index contributed by atoms with van der Waals surface area (Å²) in [5.74, 6) is -0.312. The van der Waals surface area contributed by atoms with Gasteiger partial charge in [0.25, 0.3) is 0 Å². The van der Waals surface area contributed by atoms with Gasteiger partial charge in [0, 0.05) is 5.75 Å². The normalized spacial score (nSPS) is 11.9. The number of likely N-dealkylation sites (N-methyl/N-ethyl adjacent to an activating group) is 1. The Morgan fingerprint density at radius 2 is 1.40 bits per heavy atom. The molecule has 0 fully saturated rings. The van der Waals surface area contributed by atoms with E-state index < -0.39 is 10.1 Å². The molecule has 0 heterocycles. The van der Waals surface area contributed by atoms with Crippen LogP contribution in [0.15, 0.2) is 0 Å². The Hall–Kier alpha value is -0.210. The second-order valence-corrected chi connectivity index (χ2v) is 5.37. The van der Waals surface area contributed by atoms with Crippen molar-refractivity contribution >= 4 is 10.1 Å². The first-order valence-electron chi connectivity index (χ1n) is 4.66. The molecule has 0 bridgehead atoms. The summed E-state index contributed by atoms with van der Waals surface area (Å²) >= 11 is 0. The van der Waals surface area contributed by atoms with Crippen molar-refractivity contribution in [3.63, 3.8) is 0 Å². The van der Waals surface area contributed by atoms with Gasteiger partial charge in [-0.3, -0.25) is 0 Å². The van der Waals surface area contributed by atoms with Crippen LogP contribution in [0.5, 0.6) is 0 Å². The lowest BCUT2D eigenvalue weighted by Crippen LogP contribution is -2.43. The van der Waals surface area contributed by atoms with E-state index in [1.165, 1.54) is 6.92 Å². The number of rotatable bonds is 5. The first-order valence-corrected chi connectivity index (χ1v) is 6.23. The van der Waals surface area contributed by atoms with E-state index in [9.17, 15) is 13.0 Å². The molecule has 7 heteroatoms. The van der Waals surface area contributed by atoms with Crippen molar-refractivity contribution in [2.45, 2.75) is 6.92 Å². The van der Waals surface area contributed by atoms with Crippen LogP contribution in [0.1, 0.15) is 6.92 Å². The second-order valence-electron chi connectivity index (χ2n) is 3.68. The number of quaternary nitrogens is 1. The molecule has 6 nitrogen and oxygen atoms in total. The summed E-state index contributed by atoms with van der Waals surface area (Å²) in [6, 6.07) is 0. The molecule has 0 amide bonds. The van der Waals surface area contributed by atoms with E-state index in [2.05, 4.69) is 0 Å². The monoisotopic (exact) mass is 243 g/mol. The third-order valence-corrected chi connectivity index (χ3v) is 2.47. The molecule has 0 aromatic rings. The van der Waals surface area contributed by atoms with Gasteiger partial charge in [0.15, 0.2) is 0 Å². The van der Waals surface area contributed by atoms with Crippen molar-refractivity contribution in [2.24, 2.45) is 0 Å². The summed E-state index contributed by atoms with van der Waals surface area (Å²) in [5.41, 5.74) is 0. The molecule has 0 aliphatic carbocycles. The van der Waals surface area contributed by atoms with Crippen LogP contribution in [0.3, 0.4) is 0 Å². The standard InChI is InChI=1S/C6H16NO2.C2H6O3S/c1-7(2,3-5-8)4-6-9;1-2-6(3,4)5/h8-9H,3-6H2,1-2H3;2H2,1H3,(H,3,4,5)/q+1;/p-1. The van der Waals surface area contributed by atoms with Gasteiger partial charge < -0.3 is 19.2 Å². The maximum atomic E-state index is 9.44. The third-order valence-electron chi connectivity index (χ3n) is 1.76. The van der Waals surface area contributed by atoms with Crippen LogP contribution in [0.4, 0.5) is 0 Å². The van der Waals surface area contributed by atoms with Gasteiger partial charge in [0.2, 0.25) is 0 Å². The van der Waals surface area contributed by atoms with Crippen molar-refractivity contribution in [3.8, 4) is 0 Å². The quantitative estimate of drug-likeness (QED) is 0.457. The van der Waals surface area contributed by atoms with Gasteiger partial charge in [-0.25, -0.2) is 8.42 Å². The van der Waals surface area contributed by atoms with Crippen LogP contribution >= 0.6 is 0 Å². The summed E-state index contributed by atoms with van der Waals surface area (Å²) in [4.78, 5) is 0. The molecule has 2 N–H and O–H groups in total. The molecule has 0 saturated carbocycles. The van der Waals surface area contributed by atoms with E-state index in [4.69, 9.17) is 10.2 Å². The minimum atomic E-state index is -3.91. The van der Waals surface area contributed by atoms with Gasteiger partial charge in [-0.2, -0.15) is 0 Å². The second kappa shape index (κ2) is 8.00. The molecule has 0 aromatic heterocycles. The minimum Gasteiger partial charge on any atom is -0.748 e. The summed E-state index contributed by atoms with van der Waals surface area (Å²) in [6.45, 7) is 3.10. The molecule has 0 radical (unpaired) electrons. The van der Waals surface area contributed by atoms with Gasteiger partial charge in [-0.15, -0.1) is 0 Å². The molecule has 0 spiro atoms. The topological polar surface area (TPSA) is 97.7 Å². The van der Waals surface area contributed by atoms with Crippen molar-refractivity contribution in [3.05, 3.63) is 0 Å². The van der Waals surface area contributed by atoms with Crippen LogP contribution in [0.25, 0.3) is 0 Å². The Bertz CT molecular complexity index is 229. The Balaban J connectivity index is 0. The molecular formula is C8H21NO5S. The van der Waals surface area contributed by atoms with Gasteiger partial charge in [-0.05, 0) is 0 Å². The fourth-order valence-electron chi connectivity index (χ4n) is 0.653. The SMILES string of the molecule is CCS(=O)(=O)[O-].C[N+](C)(CCO)CCO. The molecule has 0 aliphatic rings. The molecule has 0 aliphatic heterocycles. The summed E-state index contributed by atoms with van der Waals surface area (Å²) in [5, 5.41) is 17.1. The highest BCUT2D eigenvalue weighted by Crippen LogP contribution is 1.92. The molecule has 94 valence electrons. The van der Waals surface area contributed by atoms with Crippen LogP contribution in [0.2, 0.25) is 0 Å².